The molecule has 19 heavy (non-hydrogen) atoms. The third kappa shape index (κ3) is 4.81. The molecule has 2 atom stereocenters. The van der Waals surface area contributed by atoms with Gasteiger partial charge in [0.15, 0.2) is 0 Å². The van der Waals surface area contributed by atoms with Crippen LogP contribution in [0.3, 0.4) is 0 Å². The summed E-state index contributed by atoms with van der Waals surface area (Å²) in [4.78, 5) is 3.95. The lowest BCUT2D eigenvalue weighted by molar-refractivity contribution is 0.0353. The Balaban J connectivity index is 3.00. The van der Waals surface area contributed by atoms with Crippen LogP contribution < -0.4 is 0 Å². The molecule has 1 aromatic rings. The Bertz CT molecular complexity index is 441. The zero-order valence-electron chi connectivity index (χ0n) is 12.6. The molecule has 1 aromatic heterocycles. The van der Waals surface area contributed by atoms with Gasteiger partial charge in [0.1, 0.15) is 26.3 Å². The van der Waals surface area contributed by atoms with Crippen LogP contribution in [0.4, 0.5) is 0 Å². The molecular formula is C14H25N3OSi. The van der Waals surface area contributed by atoms with Crippen LogP contribution in [0.25, 0.3) is 0 Å². The summed E-state index contributed by atoms with van der Waals surface area (Å²) in [6.45, 7) is 10.6. The maximum Gasteiger partial charge on any atom is 0.146 e. The first-order chi connectivity index (χ1) is 8.78. The molecule has 0 radical (unpaired) electrons. The Morgan fingerprint density at radius 1 is 1.42 bits per heavy atom. The van der Waals surface area contributed by atoms with Gasteiger partial charge in [-0.15, -0.1) is 5.54 Å². The monoisotopic (exact) mass is 279 g/mol. The van der Waals surface area contributed by atoms with Gasteiger partial charge in [0.05, 0.1) is 6.04 Å². The number of nitrogens with zero attached hydrogens (tertiary/aromatic N) is 3. The molecule has 1 N–H and O–H groups in total. The summed E-state index contributed by atoms with van der Waals surface area (Å²) in [7, 11) is -1.50. The predicted octanol–water partition coefficient (Wildman–Crippen LogP) is 2.64. The molecule has 1 rings (SSSR count). The predicted molar refractivity (Wildman–Crippen MR) is 80.3 cm³/mol. The summed E-state index contributed by atoms with van der Waals surface area (Å²) in [6, 6.07) is -0.189. The van der Waals surface area contributed by atoms with Crippen molar-refractivity contribution in [2.45, 2.75) is 64.4 Å². The Morgan fingerprint density at radius 2 is 2.11 bits per heavy atom. The van der Waals surface area contributed by atoms with Crippen molar-refractivity contribution in [3.8, 4) is 11.5 Å². The lowest BCUT2D eigenvalue weighted by Crippen LogP contribution is -2.37. The number of rotatable bonds is 5. The van der Waals surface area contributed by atoms with Crippen LogP contribution >= 0.6 is 0 Å². The van der Waals surface area contributed by atoms with E-state index in [0.717, 1.165) is 12.8 Å². The van der Waals surface area contributed by atoms with Gasteiger partial charge in [-0.3, -0.25) is 0 Å². The van der Waals surface area contributed by atoms with E-state index < -0.39 is 13.7 Å². The summed E-state index contributed by atoms with van der Waals surface area (Å²) in [5.41, 5.74) is 2.27. The van der Waals surface area contributed by atoms with Gasteiger partial charge in [-0.05, 0) is 19.8 Å². The molecular weight excluding hydrogens is 254 g/mol. The lowest BCUT2D eigenvalue weighted by atomic mass is 9.90. The molecule has 2 unspecified atom stereocenters. The van der Waals surface area contributed by atoms with Crippen LogP contribution in [0.1, 0.15) is 39.2 Å². The van der Waals surface area contributed by atoms with Crippen molar-refractivity contribution < 1.29 is 5.11 Å². The number of unbranched alkanes of at least 4 members (excludes halogenated alkanes) is 1. The van der Waals surface area contributed by atoms with E-state index in [0.29, 0.717) is 6.42 Å². The van der Waals surface area contributed by atoms with Crippen LogP contribution in [-0.4, -0.2) is 33.5 Å². The Labute approximate surface area is 117 Å². The SMILES string of the molecule is CCCCC(O)(C#C[Si](C)(C)C)C(C)n1cncn1. The van der Waals surface area contributed by atoms with Crippen molar-refractivity contribution in [1.29, 1.82) is 0 Å². The van der Waals surface area contributed by atoms with E-state index >= 15 is 0 Å². The molecule has 106 valence electrons. The van der Waals surface area contributed by atoms with Crippen molar-refractivity contribution in [2.75, 3.05) is 0 Å². The molecule has 0 amide bonds. The molecule has 0 bridgehead atoms. The second-order valence-corrected chi connectivity index (χ2v) is 10.8. The third-order valence-corrected chi connectivity index (χ3v) is 3.96. The topological polar surface area (TPSA) is 50.9 Å². The van der Waals surface area contributed by atoms with Crippen LogP contribution in [0.2, 0.25) is 19.6 Å². The third-order valence-electron chi connectivity index (χ3n) is 3.09. The normalized spacial score (nSPS) is 16.3. The first-order valence-electron chi connectivity index (χ1n) is 6.89. The van der Waals surface area contributed by atoms with E-state index in [2.05, 4.69) is 48.1 Å². The minimum Gasteiger partial charge on any atom is -0.375 e. The van der Waals surface area contributed by atoms with Crippen molar-refractivity contribution >= 4 is 8.07 Å². The van der Waals surface area contributed by atoms with Gasteiger partial charge in [-0.25, -0.2) is 9.67 Å². The summed E-state index contributed by atoms with van der Waals surface area (Å²) in [5.74, 6) is 3.14. The fraction of sp³-hybridized carbons (Fsp3) is 0.714. The van der Waals surface area contributed by atoms with Gasteiger partial charge < -0.3 is 5.11 Å². The molecule has 0 aromatic carbocycles. The van der Waals surface area contributed by atoms with E-state index in [1.165, 1.54) is 6.33 Å². The van der Waals surface area contributed by atoms with Crippen LogP contribution in [-0.2, 0) is 0 Å². The van der Waals surface area contributed by atoms with Gasteiger partial charge in [0.25, 0.3) is 0 Å². The zero-order valence-corrected chi connectivity index (χ0v) is 13.6. The average molecular weight is 279 g/mol. The molecule has 0 aliphatic carbocycles. The zero-order chi connectivity index (χ0) is 14.5. The summed E-state index contributed by atoms with van der Waals surface area (Å²) in [6.07, 6.45) is 5.79. The molecule has 4 nitrogen and oxygen atoms in total. The standard InChI is InChI=1S/C14H25N3OSi/c1-6-7-8-14(18,9-10-19(3,4)5)13(2)17-12-15-11-16-17/h11-13,18H,6-8H2,1-5H3. The maximum absolute atomic E-state index is 10.9. The Kier molecular flexibility index (Phi) is 5.33. The minimum absolute atomic E-state index is 0.189. The maximum atomic E-state index is 10.9. The van der Waals surface area contributed by atoms with E-state index in [1.807, 2.05) is 6.92 Å². The van der Waals surface area contributed by atoms with Gasteiger partial charge in [0.2, 0.25) is 0 Å². The lowest BCUT2D eigenvalue weighted by Gasteiger charge is -2.29. The van der Waals surface area contributed by atoms with Crippen LogP contribution in [0.15, 0.2) is 12.7 Å². The number of aliphatic hydroxyl groups is 1. The fourth-order valence-electron chi connectivity index (χ4n) is 1.75. The number of hydrogen-bond acceptors (Lipinski definition) is 3. The van der Waals surface area contributed by atoms with E-state index in [4.69, 9.17) is 0 Å². The van der Waals surface area contributed by atoms with Crippen LogP contribution in [0.5, 0.6) is 0 Å². The van der Waals surface area contributed by atoms with E-state index in [1.54, 1.807) is 11.0 Å². The van der Waals surface area contributed by atoms with Crippen molar-refractivity contribution in [2.24, 2.45) is 0 Å². The van der Waals surface area contributed by atoms with Gasteiger partial charge in [0, 0.05) is 0 Å². The van der Waals surface area contributed by atoms with Crippen molar-refractivity contribution in [1.82, 2.24) is 14.8 Å². The van der Waals surface area contributed by atoms with Gasteiger partial charge in [-0.1, -0.05) is 38.9 Å². The average Bonchev–Trinajstić information content (AvgIpc) is 2.85. The molecule has 0 saturated carbocycles. The highest BCUT2D eigenvalue weighted by molar-refractivity contribution is 6.83. The quantitative estimate of drug-likeness (QED) is 0.666. The van der Waals surface area contributed by atoms with Gasteiger partial charge in [-0.2, -0.15) is 5.10 Å². The molecule has 1 heterocycles. The minimum atomic E-state index is -1.50. The summed E-state index contributed by atoms with van der Waals surface area (Å²) >= 11 is 0. The first kappa shape index (κ1) is 15.9. The molecule has 0 aliphatic rings. The second-order valence-electron chi connectivity index (χ2n) is 6.08. The summed E-state index contributed by atoms with van der Waals surface area (Å²) in [5, 5.41) is 15.0. The highest BCUT2D eigenvalue weighted by Gasteiger charge is 2.33. The second kappa shape index (κ2) is 6.35. The van der Waals surface area contributed by atoms with E-state index in [-0.39, 0.29) is 6.04 Å². The van der Waals surface area contributed by atoms with Crippen LogP contribution in [0, 0.1) is 11.5 Å². The van der Waals surface area contributed by atoms with Crippen molar-refractivity contribution in [3.63, 3.8) is 0 Å². The number of aromatic nitrogens is 3. The molecule has 0 aliphatic heterocycles. The Hall–Kier alpha value is -1.12. The Morgan fingerprint density at radius 3 is 2.58 bits per heavy atom. The molecule has 5 heteroatoms. The molecule has 0 spiro atoms. The largest absolute Gasteiger partial charge is 0.375 e. The van der Waals surface area contributed by atoms with E-state index in [9.17, 15) is 5.11 Å². The highest BCUT2D eigenvalue weighted by atomic mass is 28.3. The van der Waals surface area contributed by atoms with Gasteiger partial charge >= 0.3 is 0 Å². The summed E-state index contributed by atoms with van der Waals surface area (Å²) < 4.78 is 1.69. The fourth-order valence-corrected chi connectivity index (χ4v) is 2.35. The van der Waals surface area contributed by atoms with Crippen molar-refractivity contribution in [3.05, 3.63) is 12.7 Å². The molecule has 0 saturated heterocycles. The molecule has 0 fully saturated rings. The smallest absolute Gasteiger partial charge is 0.146 e. The first-order valence-corrected chi connectivity index (χ1v) is 10.4. The number of hydrogen-bond donors (Lipinski definition) is 1. The highest BCUT2D eigenvalue weighted by Crippen LogP contribution is 2.27.